The first-order valence-electron chi connectivity index (χ1n) is 3.86. The van der Waals surface area contributed by atoms with Crippen molar-refractivity contribution in [2.24, 2.45) is 0 Å². The molecule has 0 bridgehead atoms. The van der Waals surface area contributed by atoms with Gasteiger partial charge in [0.05, 0.1) is 13.2 Å². The van der Waals surface area contributed by atoms with Crippen molar-refractivity contribution in [3.8, 4) is 0 Å². The zero-order valence-corrected chi connectivity index (χ0v) is 7.39. The van der Waals surface area contributed by atoms with E-state index in [0.717, 1.165) is 24.0 Å². The van der Waals surface area contributed by atoms with Gasteiger partial charge in [-0.1, -0.05) is 24.3 Å². The van der Waals surface area contributed by atoms with Crippen molar-refractivity contribution in [3.05, 3.63) is 24.3 Å². The van der Waals surface area contributed by atoms with Crippen LogP contribution >= 0.6 is 0 Å². The fourth-order valence-electron chi connectivity index (χ4n) is 0.568. The lowest BCUT2D eigenvalue weighted by Gasteiger charge is -2.02. The van der Waals surface area contributed by atoms with Crippen molar-refractivity contribution in [3.63, 3.8) is 0 Å². The Morgan fingerprint density at radius 2 is 1.36 bits per heavy atom. The lowest BCUT2D eigenvalue weighted by Crippen LogP contribution is -1.97. The van der Waals surface area contributed by atoms with Crippen LogP contribution in [-0.4, -0.2) is 13.2 Å². The van der Waals surface area contributed by atoms with E-state index in [0.29, 0.717) is 13.2 Å². The van der Waals surface area contributed by atoms with Crippen molar-refractivity contribution in [2.75, 3.05) is 13.2 Å². The molecular formula is C10H16O. The van der Waals surface area contributed by atoms with E-state index in [2.05, 4.69) is 0 Å². The molecule has 0 spiro atoms. The van der Waals surface area contributed by atoms with Gasteiger partial charge in [-0.05, 0) is 26.7 Å². The number of hydrogen-bond donors (Lipinski definition) is 0. The zero-order chi connectivity index (χ0) is 8.69. The van der Waals surface area contributed by atoms with Crippen LogP contribution in [0.25, 0.3) is 0 Å². The quantitative estimate of drug-likeness (QED) is 0.531. The molecule has 0 aromatic heterocycles. The third kappa shape index (κ3) is 9.44. The number of hydrogen-bond acceptors (Lipinski definition) is 1. The third-order valence-electron chi connectivity index (χ3n) is 1.28. The van der Waals surface area contributed by atoms with E-state index in [1.807, 2.05) is 13.8 Å². The Morgan fingerprint density at radius 3 is 1.64 bits per heavy atom. The summed E-state index contributed by atoms with van der Waals surface area (Å²) in [6.07, 6.45) is 1.67. The SMILES string of the molecule is [CH]=C(C)CCOCCC(=[CH])C. The van der Waals surface area contributed by atoms with E-state index in [1.165, 1.54) is 0 Å². The summed E-state index contributed by atoms with van der Waals surface area (Å²) in [5.41, 5.74) is 1.83. The minimum atomic E-state index is 0.704. The summed E-state index contributed by atoms with van der Waals surface area (Å²) in [6, 6.07) is 0. The third-order valence-corrected chi connectivity index (χ3v) is 1.28. The average Bonchev–Trinajstić information content (AvgIpc) is 1.85. The topological polar surface area (TPSA) is 9.23 Å². The van der Waals surface area contributed by atoms with Crippen LogP contribution in [0.5, 0.6) is 0 Å². The van der Waals surface area contributed by atoms with Gasteiger partial charge in [0.2, 0.25) is 0 Å². The second-order valence-electron chi connectivity index (χ2n) is 2.81. The van der Waals surface area contributed by atoms with Gasteiger partial charge in [-0.25, -0.2) is 0 Å². The van der Waals surface area contributed by atoms with Crippen LogP contribution in [0.15, 0.2) is 11.1 Å². The average molecular weight is 152 g/mol. The highest BCUT2D eigenvalue weighted by atomic mass is 16.5. The van der Waals surface area contributed by atoms with Crippen molar-refractivity contribution < 1.29 is 4.74 Å². The van der Waals surface area contributed by atoms with Crippen molar-refractivity contribution in [1.82, 2.24) is 0 Å². The second kappa shape index (κ2) is 6.17. The molecule has 2 radical (unpaired) electrons. The van der Waals surface area contributed by atoms with Crippen molar-refractivity contribution in [2.45, 2.75) is 26.7 Å². The number of rotatable bonds is 6. The first kappa shape index (κ1) is 10.4. The van der Waals surface area contributed by atoms with Crippen molar-refractivity contribution in [1.29, 1.82) is 0 Å². The maximum absolute atomic E-state index is 5.44. The van der Waals surface area contributed by atoms with Crippen LogP contribution in [0.4, 0.5) is 0 Å². The Bertz CT molecular complexity index is 120. The zero-order valence-electron chi connectivity index (χ0n) is 7.39. The van der Waals surface area contributed by atoms with Crippen LogP contribution in [-0.2, 0) is 4.74 Å². The van der Waals surface area contributed by atoms with Crippen LogP contribution in [0.2, 0.25) is 0 Å². The van der Waals surface area contributed by atoms with Gasteiger partial charge in [-0.2, -0.15) is 0 Å². The van der Waals surface area contributed by atoms with E-state index in [1.54, 1.807) is 0 Å². The smallest absolute Gasteiger partial charge is 0.0503 e. The molecule has 0 heterocycles. The molecule has 1 nitrogen and oxygen atoms in total. The first-order chi connectivity index (χ1) is 5.13. The highest BCUT2D eigenvalue weighted by molar-refractivity contribution is 4.85. The summed E-state index contributed by atoms with van der Waals surface area (Å²) in [6.45, 7) is 16.1. The van der Waals surface area contributed by atoms with Crippen LogP contribution in [0.1, 0.15) is 26.7 Å². The molecule has 0 saturated carbocycles. The highest BCUT2D eigenvalue weighted by Crippen LogP contribution is 1.98. The Morgan fingerprint density at radius 1 is 1.00 bits per heavy atom. The summed E-state index contributed by atoms with van der Waals surface area (Å²) in [7, 11) is 0. The number of ether oxygens (including phenoxy) is 1. The molecule has 0 aliphatic rings. The molecule has 0 rings (SSSR count). The summed E-state index contributed by atoms with van der Waals surface area (Å²) >= 11 is 0. The summed E-state index contributed by atoms with van der Waals surface area (Å²) in [5, 5.41) is 0. The van der Waals surface area contributed by atoms with Crippen LogP contribution < -0.4 is 0 Å². The predicted molar refractivity (Wildman–Crippen MR) is 47.0 cm³/mol. The van der Waals surface area contributed by atoms with E-state index < -0.39 is 0 Å². The molecule has 11 heavy (non-hydrogen) atoms. The van der Waals surface area contributed by atoms with E-state index >= 15 is 0 Å². The van der Waals surface area contributed by atoms with E-state index in [9.17, 15) is 0 Å². The molecule has 62 valence electrons. The molecule has 0 unspecified atom stereocenters. The molecule has 0 fully saturated rings. The fraction of sp³-hybridized carbons (Fsp3) is 0.600. The first-order valence-corrected chi connectivity index (χ1v) is 3.86. The molecule has 1 heteroatoms. The second-order valence-corrected chi connectivity index (χ2v) is 2.81. The van der Waals surface area contributed by atoms with E-state index in [4.69, 9.17) is 17.9 Å². The molecule has 0 aromatic rings. The lowest BCUT2D eigenvalue weighted by atomic mass is 10.2. The van der Waals surface area contributed by atoms with Crippen LogP contribution in [0.3, 0.4) is 0 Å². The molecule has 0 aliphatic carbocycles. The normalized spacial score (nSPS) is 9.64. The van der Waals surface area contributed by atoms with E-state index in [-0.39, 0.29) is 0 Å². The molecule has 0 saturated heterocycles. The molecule has 0 aromatic carbocycles. The minimum absolute atomic E-state index is 0.704. The molecule has 0 aliphatic heterocycles. The lowest BCUT2D eigenvalue weighted by molar-refractivity contribution is 0.140. The van der Waals surface area contributed by atoms with Crippen LogP contribution in [0, 0.1) is 13.2 Å². The van der Waals surface area contributed by atoms with Gasteiger partial charge in [0, 0.05) is 0 Å². The van der Waals surface area contributed by atoms with Gasteiger partial charge in [-0.15, -0.1) is 0 Å². The van der Waals surface area contributed by atoms with Gasteiger partial charge in [0.15, 0.2) is 0 Å². The van der Waals surface area contributed by atoms with Gasteiger partial charge in [0.1, 0.15) is 0 Å². The Labute approximate surface area is 69.8 Å². The molecule has 0 amide bonds. The maximum atomic E-state index is 5.44. The maximum Gasteiger partial charge on any atom is 0.0503 e. The Balaban J connectivity index is 3.03. The summed E-state index contributed by atoms with van der Waals surface area (Å²) in [5.74, 6) is 0. The largest absolute Gasteiger partial charge is 0.381 e. The summed E-state index contributed by atoms with van der Waals surface area (Å²) < 4.78 is 5.25. The van der Waals surface area contributed by atoms with Gasteiger partial charge in [0.25, 0.3) is 0 Å². The molecular weight excluding hydrogens is 136 g/mol. The standard InChI is InChI=1S/C10H16O/c1-9(2)5-7-11-8-6-10(3)4/h1,3H,5-8H2,2,4H3. The van der Waals surface area contributed by atoms with Gasteiger partial charge < -0.3 is 4.74 Å². The molecule has 0 N–H and O–H groups in total. The Kier molecular flexibility index (Phi) is 5.86. The minimum Gasteiger partial charge on any atom is -0.381 e. The van der Waals surface area contributed by atoms with Crippen molar-refractivity contribution >= 4 is 0 Å². The fourth-order valence-corrected chi connectivity index (χ4v) is 0.568. The van der Waals surface area contributed by atoms with Gasteiger partial charge in [-0.3, -0.25) is 0 Å². The summed E-state index contributed by atoms with van der Waals surface area (Å²) in [4.78, 5) is 0. The van der Waals surface area contributed by atoms with Gasteiger partial charge >= 0.3 is 0 Å². The Hall–Kier alpha value is -0.560. The predicted octanol–water partition coefficient (Wildman–Crippen LogP) is 2.54. The molecule has 0 atom stereocenters. The monoisotopic (exact) mass is 152 g/mol. The highest BCUT2D eigenvalue weighted by Gasteiger charge is 1.89.